The minimum Gasteiger partial charge on any atom is -0.309 e. The van der Waals surface area contributed by atoms with E-state index >= 15 is 0 Å². The van der Waals surface area contributed by atoms with Crippen molar-refractivity contribution >= 4 is 9.84 Å². The standard InChI is InChI=1S/C13H19NO2S/c1-3-8-14-13-11-7-5-4-6-10(11)9-12(13)17(2,15)16/h4-7,12-14H,3,8-9H2,1-2H3. The molecule has 1 aromatic carbocycles. The Bertz CT molecular complexity index is 496. The fourth-order valence-electron chi connectivity index (χ4n) is 2.50. The van der Waals surface area contributed by atoms with Crippen LogP contribution in [0.2, 0.25) is 0 Å². The summed E-state index contributed by atoms with van der Waals surface area (Å²) in [6, 6.07) is 7.97. The van der Waals surface area contributed by atoms with Gasteiger partial charge in [-0.2, -0.15) is 0 Å². The molecule has 0 heterocycles. The molecule has 2 atom stereocenters. The number of fused-ring (bicyclic) bond motifs is 1. The molecule has 3 nitrogen and oxygen atoms in total. The first-order valence-corrected chi connectivity index (χ1v) is 7.99. The molecule has 94 valence electrons. The molecule has 0 saturated heterocycles. The maximum absolute atomic E-state index is 11.8. The smallest absolute Gasteiger partial charge is 0.152 e. The molecule has 0 saturated carbocycles. The van der Waals surface area contributed by atoms with Gasteiger partial charge in [0.25, 0.3) is 0 Å². The van der Waals surface area contributed by atoms with Crippen LogP contribution in [-0.4, -0.2) is 26.5 Å². The van der Waals surface area contributed by atoms with Crippen molar-refractivity contribution in [3.63, 3.8) is 0 Å². The number of benzene rings is 1. The first kappa shape index (κ1) is 12.6. The number of sulfone groups is 1. The van der Waals surface area contributed by atoms with Gasteiger partial charge >= 0.3 is 0 Å². The van der Waals surface area contributed by atoms with Gasteiger partial charge in [0.2, 0.25) is 0 Å². The van der Waals surface area contributed by atoms with E-state index in [0.717, 1.165) is 24.1 Å². The molecule has 1 aromatic rings. The van der Waals surface area contributed by atoms with Crippen LogP contribution in [0.1, 0.15) is 30.5 Å². The Morgan fingerprint density at radius 1 is 1.35 bits per heavy atom. The highest BCUT2D eigenvalue weighted by Crippen LogP contribution is 2.35. The Kier molecular flexibility index (Phi) is 3.54. The molecule has 2 unspecified atom stereocenters. The maximum atomic E-state index is 11.8. The van der Waals surface area contributed by atoms with Crippen LogP contribution in [0.3, 0.4) is 0 Å². The van der Waals surface area contributed by atoms with E-state index in [0.29, 0.717) is 6.42 Å². The second-order valence-electron chi connectivity index (χ2n) is 4.70. The molecular weight excluding hydrogens is 234 g/mol. The minimum absolute atomic E-state index is 0.0406. The van der Waals surface area contributed by atoms with E-state index in [2.05, 4.69) is 12.2 Å². The molecule has 1 aliphatic rings. The third kappa shape index (κ3) is 2.53. The van der Waals surface area contributed by atoms with Gasteiger partial charge in [-0.15, -0.1) is 0 Å². The molecule has 1 N–H and O–H groups in total. The van der Waals surface area contributed by atoms with Crippen LogP contribution in [0.25, 0.3) is 0 Å². The molecule has 0 spiro atoms. The van der Waals surface area contributed by atoms with Gasteiger partial charge in [-0.1, -0.05) is 31.2 Å². The maximum Gasteiger partial charge on any atom is 0.152 e. The summed E-state index contributed by atoms with van der Waals surface area (Å²) in [6.07, 6.45) is 2.98. The highest BCUT2D eigenvalue weighted by atomic mass is 32.2. The Balaban J connectivity index is 2.33. The van der Waals surface area contributed by atoms with Gasteiger partial charge in [0, 0.05) is 12.3 Å². The SMILES string of the molecule is CCCNC1c2ccccc2CC1S(C)(=O)=O. The van der Waals surface area contributed by atoms with Crippen LogP contribution in [-0.2, 0) is 16.3 Å². The highest BCUT2D eigenvalue weighted by molar-refractivity contribution is 7.91. The molecular formula is C13H19NO2S. The van der Waals surface area contributed by atoms with Crippen LogP contribution in [0.5, 0.6) is 0 Å². The lowest BCUT2D eigenvalue weighted by Gasteiger charge is -2.20. The van der Waals surface area contributed by atoms with E-state index in [1.54, 1.807) is 0 Å². The average Bonchev–Trinajstić information content (AvgIpc) is 2.65. The van der Waals surface area contributed by atoms with Crippen LogP contribution < -0.4 is 5.32 Å². The lowest BCUT2D eigenvalue weighted by Crippen LogP contribution is -2.34. The Labute approximate surface area is 103 Å². The summed E-state index contributed by atoms with van der Waals surface area (Å²) in [7, 11) is -3.01. The van der Waals surface area contributed by atoms with Crippen molar-refractivity contribution in [2.45, 2.75) is 31.1 Å². The molecule has 4 heteroatoms. The molecule has 0 bridgehead atoms. The molecule has 0 amide bonds. The molecule has 0 aromatic heterocycles. The van der Waals surface area contributed by atoms with E-state index in [9.17, 15) is 8.42 Å². The van der Waals surface area contributed by atoms with Gasteiger partial charge in [0.15, 0.2) is 9.84 Å². The third-order valence-electron chi connectivity index (χ3n) is 3.35. The zero-order valence-electron chi connectivity index (χ0n) is 10.3. The second kappa shape index (κ2) is 4.78. The first-order chi connectivity index (χ1) is 8.04. The molecule has 17 heavy (non-hydrogen) atoms. The van der Waals surface area contributed by atoms with E-state index < -0.39 is 9.84 Å². The summed E-state index contributed by atoms with van der Waals surface area (Å²) >= 11 is 0. The average molecular weight is 253 g/mol. The van der Waals surface area contributed by atoms with Gasteiger partial charge in [0.05, 0.1) is 5.25 Å². The fourth-order valence-corrected chi connectivity index (χ4v) is 3.72. The number of hydrogen-bond donors (Lipinski definition) is 1. The van der Waals surface area contributed by atoms with Crippen molar-refractivity contribution < 1.29 is 8.42 Å². The monoisotopic (exact) mass is 253 g/mol. The first-order valence-electron chi connectivity index (χ1n) is 6.04. The van der Waals surface area contributed by atoms with E-state index in [4.69, 9.17) is 0 Å². The Morgan fingerprint density at radius 2 is 2.06 bits per heavy atom. The molecule has 1 aliphatic carbocycles. The van der Waals surface area contributed by atoms with Gasteiger partial charge in [-0.05, 0) is 30.5 Å². The number of hydrogen-bond acceptors (Lipinski definition) is 3. The summed E-state index contributed by atoms with van der Waals surface area (Å²) in [5.74, 6) is 0. The van der Waals surface area contributed by atoms with Crippen LogP contribution in [0, 0.1) is 0 Å². The lowest BCUT2D eigenvalue weighted by molar-refractivity contribution is 0.508. The van der Waals surface area contributed by atoms with Crippen molar-refractivity contribution in [3.8, 4) is 0 Å². The summed E-state index contributed by atoms with van der Waals surface area (Å²) in [5.41, 5.74) is 2.31. The molecule has 0 aliphatic heterocycles. The summed E-state index contributed by atoms with van der Waals surface area (Å²) in [6.45, 7) is 2.94. The quantitative estimate of drug-likeness (QED) is 0.888. The summed E-state index contributed by atoms with van der Waals surface area (Å²) in [5, 5.41) is 3.05. The Hall–Kier alpha value is -0.870. The van der Waals surface area contributed by atoms with E-state index in [1.165, 1.54) is 6.26 Å². The van der Waals surface area contributed by atoms with Crippen molar-refractivity contribution in [2.75, 3.05) is 12.8 Å². The highest BCUT2D eigenvalue weighted by Gasteiger charge is 2.37. The van der Waals surface area contributed by atoms with Crippen LogP contribution in [0.4, 0.5) is 0 Å². The number of rotatable bonds is 4. The summed E-state index contributed by atoms with van der Waals surface area (Å²) < 4.78 is 23.7. The van der Waals surface area contributed by atoms with Gasteiger partial charge in [-0.3, -0.25) is 0 Å². The van der Waals surface area contributed by atoms with E-state index in [1.807, 2.05) is 24.3 Å². The second-order valence-corrected chi connectivity index (χ2v) is 6.97. The zero-order chi connectivity index (χ0) is 12.5. The number of nitrogens with one attached hydrogen (secondary N) is 1. The molecule has 2 rings (SSSR count). The minimum atomic E-state index is -3.01. The van der Waals surface area contributed by atoms with E-state index in [-0.39, 0.29) is 11.3 Å². The predicted octanol–water partition coefficient (Wildman–Crippen LogP) is 1.70. The van der Waals surface area contributed by atoms with Crippen molar-refractivity contribution in [3.05, 3.63) is 35.4 Å². The Morgan fingerprint density at radius 3 is 2.71 bits per heavy atom. The predicted molar refractivity (Wildman–Crippen MR) is 69.8 cm³/mol. The van der Waals surface area contributed by atoms with Crippen molar-refractivity contribution in [1.29, 1.82) is 0 Å². The third-order valence-corrected chi connectivity index (χ3v) is 4.89. The normalized spacial score (nSPS) is 23.6. The zero-order valence-corrected chi connectivity index (χ0v) is 11.1. The van der Waals surface area contributed by atoms with Crippen LogP contribution >= 0.6 is 0 Å². The molecule has 0 radical (unpaired) electrons. The summed E-state index contributed by atoms with van der Waals surface area (Å²) in [4.78, 5) is 0. The van der Waals surface area contributed by atoms with Crippen molar-refractivity contribution in [1.82, 2.24) is 5.32 Å². The van der Waals surface area contributed by atoms with Crippen LogP contribution in [0.15, 0.2) is 24.3 Å². The van der Waals surface area contributed by atoms with Gasteiger partial charge < -0.3 is 5.32 Å². The largest absolute Gasteiger partial charge is 0.309 e. The molecule has 0 fully saturated rings. The van der Waals surface area contributed by atoms with Gasteiger partial charge in [0.1, 0.15) is 0 Å². The topological polar surface area (TPSA) is 46.2 Å². The van der Waals surface area contributed by atoms with Crippen molar-refractivity contribution in [2.24, 2.45) is 0 Å². The fraction of sp³-hybridized carbons (Fsp3) is 0.538. The van der Waals surface area contributed by atoms with Gasteiger partial charge in [-0.25, -0.2) is 8.42 Å². The lowest BCUT2D eigenvalue weighted by atomic mass is 10.1.